The monoisotopic (exact) mass is 230 g/mol. The number of methoxy groups -OCH3 is 1. The van der Waals surface area contributed by atoms with E-state index in [1.807, 2.05) is 0 Å². The van der Waals surface area contributed by atoms with Gasteiger partial charge in [0, 0.05) is 18.3 Å². The number of pyridine rings is 1. The average Bonchev–Trinajstić information content (AvgIpc) is 2.17. The smallest absolute Gasteiger partial charge is 0.305 e. The fourth-order valence-corrected chi connectivity index (χ4v) is 1.37. The molecule has 1 rings (SSSR count). The number of rotatable bonds is 4. The van der Waals surface area contributed by atoms with Crippen molar-refractivity contribution in [3.05, 3.63) is 22.8 Å². The molecule has 82 valence electrons. The Kier molecular flexibility index (Phi) is 3.88. The van der Waals surface area contributed by atoms with Crippen LogP contribution < -0.4 is 10.5 Å². The normalized spacial score (nSPS) is 12.2. The van der Waals surface area contributed by atoms with Crippen molar-refractivity contribution in [2.45, 2.75) is 12.5 Å². The molecular weight excluding hydrogens is 220 g/mol. The molecule has 0 saturated carbocycles. The lowest BCUT2D eigenvalue weighted by atomic mass is 10.1. The Morgan fingerprint density at radius 2 is 2.47 bits per heavy atom. The van der Waals surface area contributed by atoms with Crippen LogP contribution in [0.2, 0.25) is 5.02 Å². The fourth-order valence-electron chi connectivity index (χ4n) is 1.13. The Labute approximate surface area is 91.8 Å². The number of carboxylic acid groups (broad SMARTS) is 1. The van der Waals surface area contributed by atoms with E-state index in [0.29, 0.717) is 16.5 Å². The first-order valence-electron chi connectivity index (χ1n) is 4.21. The highest BCUT2D eigenvalue weighted by molar-refractivity contribution is 6.31. The predicted octanol–water partition coefficient (Wildman–Crippen LogP) is 1.22. The Bertz CT molecular complexity index is 370. The molecule has 6 heteroatoms. The largest absolute Gasteiger partial charge is 0.481 e. The molecule has 0 radical (unpaired) electrons. The maximum atomic E-state index is 10.5. The summed E-state index contributed by atoms with van der Waals surface area (Å²) in [7, 11) is 1.46. The van der Waals surface area contributed by atoms with Crippen molar-refractivity contribution in [2.24, 2.45) is 5.73 Å². The Hall–Kier alpha value is -1.33. The number of halogens is 1. The molecule has 0 amide bonds. The molecule has 3 N–H and O–H groups in total. The van der Waals surface area contributed by atoms with E-state index in [-0.39, 0.29) is 6.42 Å². The van der Waals surface area contributed by atoms with Crippen molar-refractivity contribution < 1.29 is 14.6 Å². The van der Waals surface area contributed by atoms with E-state index >= 15 is 0 Å². The van der Waals surface area contributed by atoms with Gasteiger partial charge < -0.3 is 15.6 Å². The first-order valence-corrected chi connectivity index (χ1v) is 4.59. The van der Waals surface area contributed by atoms with E-state index < -0.39 is 12.0 Å². The lowest BCUT2D eigenvalue weighted by Crippen LogP contribution is -2.15. The van der Waals surface area contributed by atoms with Gasteiger partial charge in [-0.05, 0) is 5.56 Å². The molecule has 0 aliphatic carbocycles. The molecule has 1 heterocycles. The molecule has 0 saturated heterocycles. The van der Waals surface area contributed by atoms with Crippen LogP contribution in [0.5, 0.6) is 5.88 Å². The highest BCUT2D eigenvalue weighted by Gasteiger charge is 2.15. The van der Waals surface area contributed by atoms with E-state index in [4.69, 9.17) is 27.2 Å². The molecule has 1 unspecified atom stereocenters. The molecule has 1 atom stereocenters. The molecule has 0 bridgehead atoms. The van der Waals surface area contributed by atoms with Gasteiger partial charge in [0.05, 0.1) is 18.6 Å². The summed E-state index contributed by atoms with van der Waals surface area (Å²) in [5.41, 5.74) is 6.19. The van der Waals surface area contributed by atoms with E-state index in [9.17, 15) is 4.79 Å². The molecule has 0 spiro atoms. The first-order chi connectivity index (χ1) is 7.04. The molecular formula is C9H11ClN2O3. The lowest BCUT2D eigenvalue weighted by Gasteiger charge is -2.11. The van der Waals surface area contributed by atoms with Crippen LogP contribution in [0.3, 0.4) is 0 Å². The lowest BCUT2D eigenvalue weighted by molar-refractivity contribution is -0.137. The quantitative estimate of drug-likeness (QED) is 0.812. The Morgan fingerprint density at radius 1 is 1.80 bits per heavy atom. The van der Waals surface area contributed by atoms with Gasteiger partial charge in [-0.15, -0.1) is 0 Å². The van der Waals surface area contributed by atoms with E-state index in [0.717, 1.165) is 0 Å². The zero-order valence-corrected chi connectivity index (χ0v) is 8.86. The molecule has 0 fully saturated rings. The number of carboxylic acids is 1. The highest BCUT2D eigenvalue weighted by atomic mass is 35.5. The molecule has 15 heavy (non-hydrogen) atoms. The summed E-state index contributed by atoms with van der Waals surface area (Å²) < 4.78 is 4.89. The number of nitrogens with zero attached hydrogens (tertiary/aromatic N) is 1. The Morgan fingerprint density at radius 3 is 3.00 bits per heavy atom. The molecule has 0 aromatic carbocycles. The number of ether oxygens (including phenoxy) is 1. The topological polar surface area (TPSA) is 85.4 Å². The van der Waals surface area contributed by atoms with Crippen LogP contribution in [-0.2, 0) is 4.79 Å². The van der Waals surface area contributed by atoms with Crippen molar-refractivity contribution in [1.82, 2.24) is 4.98 Å². The second-order valence-electron chi connectivity index (χ2n) is 2.95. The van der Waals surface area contributed by atoms with Gasteiger partial charge in [0.2, 0.25) is 5.88 Å². The molecule has 1 aromatic heterocycles. The summed E-state index contributed by atoms with van der Waals surface area (Å²) in [5.74, 6) is -0.621. The summed E-state index contributed by atoms with van der Waals surface area (Å²) >= 11 is 5.84. The third-order valence-electron chi connectivity index (χ3n) is 1.86. The average molecular weight is 231 g/mol. The number of aromatic nitrogens is 1. The zero-order valence-electron chi connectivity index (χ0n) is 8.11. The zero-order chi connectivity index (χ0) is 11.4. The Balaban J connectivity index is 2.95. The van der Waals surface area contributed by atoms with Crippen LogP contribution in [0.15, 0.2) is 12.3 Å². The summed E-state index contributed by atoms with van der Waals surface area (Å²) in [6.45, 7) is 0. The minimum Gasteiger partial charge on any atom is -0.481 e. The number of hydrogen-bond acceptors (Lipinski definition) is 4. The van der Waals surface area contributed by atoms with Crippen molar-refractivity contribution in [1.29, 1.82) is 0 Å². The van der Waals surface area contributed by atoms with Crippen LogP contribution in [0, 0.1) is 0 Å². The van der Waals surface area contributed by atoms with Gasteiger partial charge in [-0.3, -0.25) is 4.79 Å². The maximum Gasteiger partial charge on any atom is 0.305 e. The number of hydrogen-bond donors (Lipinski definition) is 2. The standard InChI is InChI=1S/C9H11ClN2O3/c1-15-8-2-5(6(10)4-12-8)7(11)3-9(13)14/h2,4,7H,3,11H2,1H3,(H,13,14). The molecule has 0 aliphatic rings. The first kappa shape index (κ1) is 11.7. The number of carbonyl (C=O) groups is 1. The summed E-state index contributed by atoms with van der Waals surface area (Å²) in [6, 6.07) is 0.877. The summed E-state index contributed by atoms with van der Waals surface area (Å²) in [4.78, 5) is 14.3. The van der Waals surface area contributed by atoms with Crippen molar-refractivity contribution in [2.75, 3.05) is 7.11 Å². The molecule has 0 aliphatic heterocycles. The van der Waals surface area contributed by atoms with E-state index in [1.165, 1.54) is 19.4 Å². The van der Waals surface area contributed by atoms with E-state index in [1.54, 1.807) is 0 Å². The van der Waals surface area contributed by atoms with Crippen molar-refractivity contribution in [3.8, 4) is 5.88 Å². The minimum atomic E-state index is -0.977. The third-order valence-corrected chi connectivity index (χ3v) is 2.18. The van der Waals surface area contributed by atoms with Gasteiger partial charge in [0.1, 0.15) is 0 Å². The maximum absolute atomic E-state index is 10.5. The number of aliphatic carboxylic acids is 1. The SMILES string of the molecule is COc1cc(C(N)CC(=O)O)c(Cl)cn1. The second kappa shape index (κ2) is 4.95. The van der Waals surface area contributed by atoms with Gasteiger partial charge in [0.15, 0.2) is 0 Å². The van der Waals surface area contributed by atoms with Crippen LogP contribution in [0.25, 0.3) is 0 Å². The third kappa shape index (κ3) is 3.07. The van der Waals surface area contributed by atoms with Crippen LogP contribution in [0.1, 0.15) is 18.0 Å². The van der Waals surface area contributed by atoms with Crippen molar-refractivity contribution in [3.63, 3.8) is 0 Å². The van der Waals surface area contributed by atoms with Gasteiger partial charge >= 0.3 is 5.97 Å². The highest BCUT2D eigenvalue weighted by Crippen LogP contribution is 2.25. The predicted molar refractivity (Wildman–Crippen MR) is 55.0 cm³/mol. The van der Waals surface area contributed by atoms with Gasteiger partial charge in [-0.25, -0.2) is 4.98 Å². The van der Waals surface area contributed by atoms with Gasteiger partial charge in [-0.1, -0.05) is 11.6 Å². The summed E-state index contributed by atoms with van der Waals surface area (Å²) in [6.07, 6.45) is 1.20. The van der Waals surface area contributed by atoms with Crippen LogP contribution >= 0.6 is 11.6 Å². The number of nitrogens with two attached hydrogens (primary N) is 1. The minimum absolute atomic E-state index is 0.188. The fraction of sp³-hybridized carbons (Fsp3) is 0.333. The van der Waals surface area contributed by atoms with Crippen LogP contribution in [-0.4, -0.2) is 23.2 Å². The summed E-state index contributed by atoms with van der Waals surface area (Å²) in [5, 5.41) is 8.93. The van der Waals surface area contributed by atoms with Gasteiger partial charge in [0.25, 0.3) is 0 Å². The molecule has 1 aromatic rings. The van der Waals surface area contributed by atoms with Crippen molar-refractivity contribution >= 4 is 17.6 Å². The van der Waals surface area contributed by atoms with Gasteiger partial charge in [-0.2, -0.15) is 0 Å². The van der Waals surface area contributed by atoms with E-state index in [2.05, 4.69) is 4.98 Å². The molecule has 5 nitrogen and oxygen atoms in total. The van der Waals surface area contributed by atoms with Crippen LogP contribution in [0.4, 0.5) is 0 Å². The second-order valence-corrected chi connectivity index (χ2v) is 3.36.